The molecular formula is C17H15N5O2S2. The second kappa shape index (κ2) is 8.51. The number of furan rings is 1. The second-order valence-electron chi connectivity index (χ2n) is 5.24. The van der Waals surface area contributed by atoms with Crippen molar-refractivity contribution in [1.82, 2.24) is 10.2 Å². The van der Waals surface area contributed by atoms with E-state index in [1.54, 1.807) is 37.5 Å². The zero-order valence-electron chi connectivity index (χ0n) is 13.8. The summed E-state index contributed by atoms with van der Waals surface area (Å²) in [5.74, 6) is 0.671. The van der Waals surface area contributed by atoms with Crippen LogP contribution in [0, 0.1) is 11.3 Å². The summed E-state index contributed by atoms with van der Waals surface area (Å²) in [5, 5.41) is 23.2. The fourth-order valence-corrected chi connectivity index (χ4v) is 3.87. The third kappa shape index (κ3) is 4.84. The van der Waals surface area contributed by atoms with Crippen molar-refractivity contribution in [3.05, 3.63) is 54.0 Å². The molecule has 3 rings (SSSR count). The molecule has 0 fully saturated rings. The van der Waals surface area contributed by atoms with Crippen molar-refractivity contribution in [3.63, 3.8) is 0 Å². The van der Waals surface area contributed by atoms with E-state index in [0.717, 1.165) is 5.76 Å². The van der Waals surface area contributed by atoms with E-state index in [1.807, 2.05) is 18.2 Å². The Hall–Kier alpha value is -2.83. The Labute approximate surface area is 158 Å². The van der Waals surface area contributed by atoms with Crippen molar-refractivity contribution in [2.24, 2.45) is 0 Å². The minimum Gasteiger partial charge on any atom is -0.467 e. The summed E-state index contributed by atoms with van der Waals surface area (Å²) >= 11 is 2.72. The van der Waals surface area contributed by atoms with Gasteiger partial charge in [-0.25, -0.2) is 0 Å². The van der Waals surface area contributed by atoms with Gasteiger partial charge < -0.3 is 15.1 Å². The van der Waals surface area contributed by atoms with Gasteiger partial charge in [0.15, 0.2) is 4.34 Å². The molecule has 0 saturated heterocycles. The van der Waals surface area contributed by atoms with E-state index in [1.165, 1.54) is 23.1 Å². The van der Waals surface area contributed by atoms with Gasteiger partial charge in [-0.2, -0.15) is 5.26 Å². The molecule has 7 nitrogen and oxygen atoms in total. The molecule has 3 aromatic rings. The quantitative estimate of drug-likeness (QED) is 0.597. The Kier molecular flexibility index (Phi) is 5.88. The summed E-state index contributed by atoms with van der Waals surface area (Å²) in [6.07, 6.45) is 1.62. The largest absolute Gasteiger partial charge is 0.467 e. The van der Waals surface area contributed by atoms with Crippen LogP contribution in [0.5, 0.6) is 0 Å². The number of hydrogen-bond acceptors (Lipinski definition) is 8. The number of carbonyl (C=O) groups excluding carboxylic acids is 1. The van der Waals surface area contributed by atoms with E-state index in [-0.39, 0.29) is 11.2 Å². The van der Waals surface area contributed by atoms with Crippen LogP contribution in [0.25, 0.3) is 0 Å². The van der Waals surface area contributed by atoms with Crippen LogP contribution in [-0.4, -0.2) is 21.4 Å². The number of aromatic nitrogens is 2. The lowest BCUT2D eigenvalue weighted by Crippen LogP contribution is -2.22. The van der Waals surface area contributed by atoms with Gasteiger partial charge in [0, 0.05) is 5.69 Å². The van der Waals surface area contributed by atoms with Crippen molar-refractivity contribution in [3.8, 4) is 6.07 Å². The molecule has 0 radical (unpaired) electrons. The Morgan fingerprint density at radius 2 is 2.15 bits per heavy atom. The predicted octanol–water partition coefficient (Wildman–Crippen LogP) is 3.73. The van der Waals surface area contributed by atoms with Crippen molar-refractivity contribution in [2.45, 2.75) is 23.1 Å². The van der Waals surface area contributed by atoms with Crippen molar-refractivity contribution >= 4 is 39.8 Å². The van der Waals surface area contributed by atoms with E-state index in [4.69, 9.17) is 9.68 Å². The van der Waals surface area contributed by atoms with E-state index in [2.05, 4.69) is 20.8 Å². The summed E-state index contributed by atoms with van der Waals surface area (Å²) in [6.45, 7) is 2.34. The second-order valence-corrected chi connectivity index (χ2v) is 7.81. The normalized spacial score (nSPS) is 11.5. The Bertz CT molecular complexity index is 900. The number of anilines is 2. The number of benzene rings is 1. The van der Waals surface area contributed by atoms with Gasteiger partial charge in [0.2, 0.25) is 11.0 Å². The number of rotatable bonds is 7. The molecule has 1 amide bonds. The van der Waals surface area contributed by atoms with Gasteiger partial charge in [-0.1, -0.05) is 23.1 Å². The minimum atomic E-state index is -0.337. The van der Waals surface area contributed by atoms with E-state index in [0.29, 0.717) is 27.3 Å². The predicted molar refractivity (Wildman–Crippen MR) is 101 cm³/mol. The summed E-state index contributed by atoms with van der Waals surface area (Å²) in [4.78, 5) is 12.3. The van der Waals surface area contributed by atoms with E-state index < -0.39 is 0 Å². The summed E-state index contributed by atoms with van der Waals surface area (Å²) < 4.78 is 5.95. The first kappa shape index (κ1) is 18.0. The first-order valence-electron chi connectivity index (χ1n) is 7.71. The smallest absolute Gasteiger partial charge is 0.237 e. The number of nitrogens with zero attached hydrogens (tertiary/aromatic N) is 3. The lowest BCUT2D eigenvalue weighted by molar-refractivity contribution is -0.115. The maximum Gasteiger partial charge on any atom is 0.237 e. The number of amides is 1. The monoisotopic (exact) mass is 385 g/mol. The molecule has 1 atom stereocenters. The SMILES string of the molecule is C[C@@H](Sc1nnc(NCc2ccco2)s1)C(=O)Nc1ccc(C#N)cc1. The van der Waals surface area contributed by atoms with Crippen LogP contribution in [0.1, 0.15) is 18.2 Å². The zero-order valence-corrected chi connectivity index (χ0v) is 15.4. The average molecular weight is 385 g/mol. The fourth-order valence-electron chi connectivity index (χ4n) is 1.98. The van der Waals surface area contributed by atoms with E-state index in [9.17, 15) is 4.79 Å². The van der Waals surface area contributed by atoms with Crippen molar-refractivity contribution < 1.29 is 9.21 Å². The van der Waals surface area contributed by atoms with Gasteiger partial charge in [0.25, 0.3) is 0 Å². The highest BCUT2D eigenvalue weighted by Gasteiger charge is 2.17. The summed E-state index contributed by atoms with van der Waals surface area (Å²) in [6, 6.07) is 12.5. The molecule has 0 spiro atoms. The lowest BCUT2D eigenvalue weighted by atomic mass is 10.2. The highest BCUT2D eigenvalue weighted by atomic mass is 32.2. The van der Waals surface area contributed by atoms with Gasteiger partial charge in [-0.05, 0) is 43.3 Å². The number of nitrogens with one attached hydrogen (secondary N) is 2. The molecule has 2 N–H and O–H groups in total. The van der Waals surface area contributed by atoms with Crippen LogP contribution in [0.4, 0.5) is 10.8 Å². The molecule has 9 heteroatoms. The highest BCUT2D eigenvalue weighted by molar-refractivity contribution is 8.02. The van der Waals surface area contributed by atoms with Gasteiger partial charge in [-0.3, -0.25) is 4.79 Å². The molecule has 26 heavy (non-hydrogen) atoms. The van der Waals surface area contributed by atoms with Crippen LogP contribution in [0.3, 0.4) is 0 Å². The topological polar surface area (TPSA) is 104 Å². The van der Waals surface area contributed by atoms with Crippen LogP contribution >= 0.6 is 23.1 Å². The number of carbonyl (C=O) groups is 1. The molecule has 1 aromatic carbocycles. The van der Waals surface area contributed by atoms with Gasteiger partial charge >= 0.3 is 0 Å². The maximum atomic E-state index is 12.3. The number of hydrogen-bond donors (Lipinski definition) is 2. The van der Waals surface area contributed by atoms with Crippen LogP contribution in [0.15, 0.2) is 51.4 Å². The van der Waals surface area contributed by atoms with Gasteiger partial charge in [-0.15, -0.1) is 10.2 Å². The van der Waals surface area contributed by atoms with Crippen LogP contribution < -0.4 is 10.6 Å². The molecule has 0 aliphatic heterocycles. The van der Waals surface area contributed by atoms with Gasteiger partial charge in [0.05, 0.1) is 29.7 Å². The molecule has 0 aliphatic carbocycles. The average Bonchev–Trinajstić information content (AvgIpc) is 3.32. The number of thioether (sulfide) groups is 1. The molecule has 0 unspecified atom stereocenters. The molecule has 2 heterocycles. The van der Waals surface area contributed by atoms with E-state index >= 15 is 0 Å². The lowest BCUT2D eigenvalue weighted by Gasteiger charge is -2.10. The third-order valence-corrected chi connectivity index (χ3v) is 5.39. The minimum absolute atomic E-state index is 0.139. The first-order chi connectivity index (χ1) is 12.6. The Morgan fingerprint density at radius 3 is 2.85 bits per heavy atom. The molecule has 0 bridgehead atoms. The zero-order chi connectivity index (χ0) is 18.4. The van der Waals surface area contributed by atoms with Crippen molar-refractivity contribution in [1.29, 1.82) is 5.26 Å². The molecule has 0 saturated carbocycles. The maximum absolute atomic E-state index is 12.3. The molecule has 132 valence electrons. The third-order valence-electron chi connectivity index (χ3n) is 3.33. The highest BCUT2D eigenvalue weighted by Crippen LogP contribution is 2.29. The van der Waals surface area contributed by atoms with Crippen molar-refractivity contribution in [2.75, 3.05) is 10.6 Å². The fraction of sp³-hybridized carbons (Fsp3) is 0.176. The Morgan fingerprint density at radius 1 is 1.35 bits per heavy atom. The van der Waals surface area contributed by atoms with Gasteiger partial charge in [0.1, 0.15) is 5.76 Å². The Balaban J connectivity index is 1.51. The standard InChI is InChI=1S/C17H15N5O2S2/c1-11(15(23)20-13-6-4-12(9-18)5-7-13)25-17-22-21-16(26-17)19-10-14-3-2-8-24-14/h2-8,11H,10H2,1H3,(H,19,21)(H,20,23)/t11-/m1/s1. The summed E-state index contributed by atoms with van der Waals surface area (Å²) in [7, 11) is 0. The van der Waals surface area contributed by atoms with Crippen LogP contribution in [0.2, 0.25) is 0 Å². The summed E-state index contributed by atoms with van der Waals surface area (Å²) in [5.41, 5.74) is 1.20. The first-order valence-corrected chi connectivity index (χ1v) is 9.41. The molecule has 2 aromatic heterocycles. The molecule has 0 aliphatic rings. The van der Waals surface area contributed by atoms with Crippen LogP contribution in [-0.2, 0) is 11.3 Å². The number of nitriles is 1. The molecular weight excluding hydrogens is 370 g/mol.